The zero-order chi connectivity index (χ0) is 13.8. The summed E-state index contributed by atoms with van der Waals surface area (Å²) in [6, 6.07) is 1.02. The maximum absolute atomic E-state index is 12.0. The first-order chi connectivity index (χ1) is 9.08. The van der Waals surface area contributed by atoms with Crippen molar-refractivity contribution in [2.75, 3.05) is 0 Å². The van der Waals surface area contributed by atoms with Crippen molar-refractivity contribution in [2.24, 2.45) is 18.7 Å². The van der Waals surface area contributed by atoms with E-state index in [0.717, 1.165) is 12.8 Å². The molecule has 1 aliphatic carbocycles. The molecule has 1 fully saturated rings. The molecule has 0 unspecified atom stereocenters. The van der Waals surface area contributed by atoms with Crippen LogP contribution in [-0.2, 0) is 11.8 Å². The van der Waals surface area contributed by atoms with Crippen molar-refractivity contribution in [3.63, 3.8) is 0 Å². The van der Waals surface area contributed by atoms with E-state index in [1.54, 1.807) is 19.3 Å². The lowest BCUT2D eigenvalue weighted by Crippen LogP contribution is -2.45. The van der Waals surface area contributed by atoms with Crippen LogP contribution in [0.15, 0.2) is 12.3 Å². The van der Waals surface area contributed by atoms with Crippen molar-refractivity contribution >= 4 is 11.8 Å². The fourth-order valence-electron chi connectivity index (χ4n) is 2.65. The van der Waals surface area contributed by atoms with E-state index in [4.69, 9.17) is 5.73 Å². The highest BCUT2D eigenvalue weighted by Crippen LogP contribution is 2.28. The Hall–Kier alpha value is -1.85. The third kappa shape index (κ3) is 3.33. The van der Waals surface area contributed by atoms with Crippen molar-refractivity contribution in [1.82, 2.24) is 15.1 Å². The second-order valence-electron chi connectivity index (χ2n) is 5.15. The normalized spacial score (nSPS) is 17.3. The maximum atomic E-state index is 12.0. The Bertz CT molecular complexity index is 463. The first-order valence-electron chi connectivity index (χ1n) is 6.66. The van der Waals surface area contributed by atoms with Gasteiger partial charge < -0.3 is 11.1 Å². The first kappa shape index (κ1) is 13.6. The van der Waals surface area contributed by atoms with Gasteiger partial charge in [0.2, 0.25) is 5.91 Å². The van der Waals surface area contributed by atoms with Crippen LogP contribution in [0.2, 0.25) is 0 Å². The van der Waals surface area contributed by atoms with E-state index < -0.39 is 11.9 Å². The number of nitrogens with zero attached hydrogens (tertiary/aromatic N) is 2. The summed E-state index contributed by atoms with van der Waals surface area (Å²) in [5, 5.41) is 6.65. The maximum Gasteiger partial charge on any atom is 0.270 e. The third-order valence-corrected chi connectivity index (χ3v) is 3.75. The summed E-state index contributed by atoms with van der Waals surface area (Å²) in [5.74, 6) is -0.284. The Morgan fingerprint density at radius 3 is 2.74 bits per heavy atom. The minimum atomic E-state index is -0.592. The quantitative estimate of drug-likeness (QED) is 0.815. The summed E-state index contributed by atoms with van der Waals surface area (Å²) in [6.45, 7) is 0. The van der Waals surface area contributed by atoms with E-state index in [1.807, 2.05) is 0 Å². The number of aryl methyl sites for hydroxylation is 1. The van der Waals surface area contributed by atoms with Crippen LogP contribution in [0, 0.1) is 5.92 Å². The molecule has 0 aromatic carbocycles. The Morgan fingerprint density at radius 1 is 1.53 bits per heavy atom. The summed E-state index contributed by atoms with van der Waals surface area (Å²) in [4.78, 5) is 23.5. The van der Waals surface area contributed by atoms with Crippen molar-refractivity contribution in [3.05, 3.63) is 18.0 Å². The van der Waals surface area contributed by atoms with E-state index in [2.05, 4.69) is 10.4 Å². The summed E-state index contributed by atoms with van der Waals surface area (Å²) in [7, 11) is 1.69. The lowest BCUT2D eigenvalue weighted by molar-refractivity contribution is -0.120. The van der Waals surface area contributed by atoms with Crippen molar-refractivity contribution in [2.45, 2.75) is 38.1 Å². The molecule has 1 aliphatic rings. The van der Waals surface area contributed by atoms with Crippen LogP contribution in [0.25, 0.3) is 0 Å². The smallest absolute Gasteiger partial charge is 0.270 e. The van der Waals surface area contributed by atoms with Gasteiger partial charge in [-0.25, -0.2) is 0 Å². The molecular formula is C13H20N4O2. The van der Waals surface area contributed by atoms with Gasteiger partial charge in [-0.1, -0.05) is 25.7 Å². The van der Waals surface area contributed by atoms with E-state index in [1.165, 1.54) is 17.5 Å². The molecule has 1 heterocycles. The molecule has 0 radical (unpaired) electrons. The number of hydrogen-bond donors (Lipinski definition) is 2. The highest BCUT2D eigenvalue weighted by Gasteiger charge is 2.25. The number of rotatable bonds is 5. The van der Waals surface area contributed by atoms with Gasteiger partial charge >= 0.3 is 0 Å². The lowest BCUT2D eigenvalue weighted by atomic mass is 9.98. The number of nitrogens with two attached hydrogens (primary N) is 1. The molecule has 0 aliphatic heterocycles. The number of carbonyl (C=O) groups excluding carboxylic acids is 2. The van der Waals surface area contributed by atoms with Crippen molar-refractivity contribution < 1.29 is 9.59 Å². The second-order valence-corrected chi connectivity index (χ2v) is 5.15. The van der Waals surface area contributed by atoms with Crippen LogP contribution in [0.4, 0.5) is 0 Å². The molecule has 1 aromatic heterocycles. The lowest BCUT2D eigenvalue weighted by Gasteiger charge is -2.19. The monoisotopic (exact) mass is 264 g/mol. The van der Waals surface area contributed by atoms with Gasteiger partial charge in [-0.3, -0.25) is 14.3 Å². The van der Waals surface area contributed by atoms with Crippen LogP contribution >= 0.6 is 0 Å². The van der Waals surface area contributed by atoms with Gasteiger partial charge in [0.05, 0.1) is 0 Å². The molecule has 2 rings (SSSR count). The van der Waals surface area contributed by atoms with Gasteiger partial charge in [-0.15, -0.1) is 0 Å². The molecule has 1 saturated carbocycles. The molecular weight excluding hydrogens is 244 g/mol. The molecule has 3 N–H and O–H groups in total. The van der Waals surface area contributed by atoms with Crippen molar-refractivity contribution in [1.29, 1.82) is 0 Å². The van der Waals surface area contributed by atoms with Crippen LogP contribution in [0.1, 0.15) is 42.6 Å². The molecule has 19 heavy (non-hydrogen) atoms. The highest BCUT2D eigenvalue weighted by atomic mass is 16.2. The van der Waals surface area contributed by atoms with Gasteiger partial charge in [0.25, 0.3) is 5.91 Å². The topological polar surface area (TPSA) is 90.0 Å². The average Bonchev–Trinajstić information content (AvgIpc) is 2.99. The Kier molecular flexibility index (Phi) is 4.19. The number of hydrogen-bond acceptors (Lipinski definition) is 3. The van der Waals surface area contributed by atoms with Crippen molar-refractivity contribution in [3.8, 4) is 0 Å². The Balaban J connectivity index is 1.98. The van der Waals surface area contributed by atoms with Crippen LogP contribution in [0.3, 0.4) is 0 Å². The number of carbonyl (C=O) groups is 2. The van der Waals surface area contributed by atoms with E-state index in [9.17, 15) is 9.59 Å². The second kappa shape index (κ2) is 5.86. The summed E-state index contributed by atoms with van der Waals surface area (Å²) < 4.78 is 1.48. The number of nitrogens with one attached hydrogen (secondary N) is 1. The van der Waals surface area contributed by atoms with E-state index in [0.29, 0.717) is 18.0 Å². The molecule has 0 spiro atoms. The van der Waals surface area contributed by atoms with Gasteiger partial charge in [-0.2, -0.15) is 5.10 Å². The van der Waals surface area contributed by atoms with Gasteiger partial charge in [0, 0.05) is 13.2 Å². The minimum Gasteiger partial charge on any atom is -0.368 e. The zero-order valence-electron chi connectivity index (χ0n) is 11.1. The minimum absolute atomic E-state index is 0.304. The Labute approximate surface area is 112 Å². The zero-order valence-corrected chi connectivity index (χ0v) is 11.1. The highest BCUT2D eigenvalue weighted by molar-refractivity contribution is 5.95. The molecule has 6 heteroatoms. The molecule has 1 aromatic rings. The Morgan fingerprint density at radius 2 is 2.21 bits per heavy atom. The largest absolute Gasteiger partial charge is 0.368 e. The number of amides is 2. The predicted molar refractivity (Wildman–Crippen MR) is 70.2 cm³/mol. The van der Waals surface area contributed by atoms with Gasteiger partial charge in [-0.05, 0) is 18.4 Å². The molecule has 1 atom stereocenters. The van der Waals surface area contributed by atoms with Crippen LogP contribution in [0.5, 0.6) is 0 Å². The number of primary amides is 1. The fourth-order valence-corrected chi connectivity index (χ4v) is 2.65. The average molecular weight is 264 g/mol. The van der Waals surface area contributed by atoms with Gasteiger partial charge in [0.15, 0.2) is 0 Å². The molecule has 6 nitrogen and oxygen atoms in total. The van der Waals surface area contributed by atoms with Crippen LogP contribution < -0.4 is 11.1 Å². The number of aromatic nitrogens is 2. The molecule has 0 saturated heterocycles. The summed E-state index contributed by atoms with van der Waals surface area (Å²) >= 11 is 0. The van der Waals surface area contributed by atoms with E-state index in [-0.39, 0.29) is 5.91 Å². The third-order valence-electron chi connectivity index (χ3n) is 3.75. The standard InChI is InChI=1S/C13H20N4O2/c1-17-11(6-7-15-17)13(19)16-10(12(14)18)8-9-4-2-3-5-9/h6-7,9-10H,2-5,8H2,1H3,(H2,14,18)(H,16,19)/t10-/m0/s1. The SMILES string of the molecule is Cn1nccc1C(=O)N[C@@H](CC1CCCC1)C(N)=O. The predicted octanol–water partition coefficient (Wildman–Crippen LogP) is 0.584. The summed E-state index contributed by atoms with van der Waals surface area (Å²) in [5.41, 5.74) is 5.81. The van der Waals surface area contributed by atoms with Crippen LogP contribution in [-0.4, -0.2) is 27.6 Å². The molecule has 0 bridgehead atoms. The molecule has 2 amide bonds. The first-order valence-corrected chi connectivity index (χ1v) is 6.66. The van der Waals surface area contributed by atoms with Gasteiger partial charge in [0.1, 0.15) is 11.7 Å². The summed E-state index contributed by atoms with van der Waals surface area (Å²) in [6.07, 6.45) is 6.82. The fraction of sp³-hybridized carbons (Fsp3) is 0.615. The van der Waals surface area contributed by atoms with E-state index >= 15 is 0 Å². The molecule has 104 valence electrons.